The number of fused-ring (bicyclic) bond motifs is 1. The summed E-state index contributed by atoms with van der Waals surface area (Å²) in [5.74, 6) is 0.116. The number of aromatic nitrogens is 1. The molecule has 1 aliphatic rings. The molecule has 2 heterocycles. The van der Waals surface area contributed by atoms with E-state index in [4.69, 9.17) is 0 Å². The first-order valence-corrected chi connectivity index (χ1v) is 3.89. The molecule has 3 heteroatoms. The molecule has 0 radical (unpaired) electrons. The molecule has 0 saturated heterocycles. The number of pyridine rings is 1. The summed E-state index contributed by atoms with van der Waals surface area (Å²) in [6.07, 6.45) is 3.50. The predicted octanol–water partition coefficient (Wildman–Crippen LogP) is 0.976. The van der Waals surface area contributed by atoms with Gasteiger partial charge in [0.1, 0.15) is 0 Å². The molecule has 0 saturated carbocycles. The lowest BCUT2D eigenvalue weighted by Crippen LogP contribution is -2.17. The van der Waals surface area contributed by atoms with Crippen LogP contribution < -0.4 is 0 Å². The Kier molecular flexibility index (Phi) is 1.40. The fraction of sp³-hybridized carbons (Fsp3) is 0.333. The smallest absolute Gasteiger partial charge is 0.254 e. The molecular weight excluding hydrogens is 152 g/mol. The van der Waals surface area contributed by atoms with Crippen molar-refractivity contribution in [1.29, 1.82) is 0 Å². The zero-order valence-corrected chi connectivity index (χ0v) is 7.16. The van der Waals surface area contributed by atoms with Crippen LogP contribution in [-0.4, -0.2) is 22.8 Å². The van der Waals surface area contributed by atoms with Gasteiger partial charge in [-0.3, -0.25) is 9.78 Å². The Morgan fingerprint density at radius 2 is 2.25 bits per heavy atom. The Balaban J connectivity index is 2.62. The van der Waals surface area contributed by atoms with Gasteiger partial charge in [-0.1, -0.05) is 0 Å². The lowest BCUT2D eigenvalue weighted by molar-refractivity contribution is 0.0816. The summed E-state index contributed by atoms with van der Waals surface area (Å²) < 4.78 is 0. The number of nitrogens with zero attached hydrogens (tertiary/aromatic N) is 2. The Hall–Kier alpha value is -1.38. The van der Waals surface area contributed by atoms with E-state index in [2.05, 4.69) is 4.98 Å². The maximum Gasteiger partial charge on any atom is 0.254 e. The molecule has 0 spiro atoms. The van der Waals surface area contributed by atoms with E-state index in [1.54, 1.807) is 17.3 Å². The minimum atomic E-state index is 0.116. The van der Waals surface area contributed by atoms with Crippen LogP contribution in [0.1, 0.15) is 21.5 Å². The third kappa shape index (κ3) is 0.826. The second kappa shape index (κ2) is 2.30. The average molecular weight is 162 g/mol. The van der Waals surface area contributed by atoms with Crippen LogP contribution in [-0.2, 0) is 6.54 Å². The van der Waals surface area contributed by atoms with Gasteiger partial charge >= 0.3 is 0 Å². The van der Waals surface area contributed by atoms with Gasteiger partial charge in [-0.25, -0.2) is 0 Å². The fourth-order valence-electron chi connectivity index (χ4n) is 1.57. The molecule has 1 aliphatic heterocycles. The van der Waals surface area contributed by atoms with E-state index in [0.29, 0.717) is 6.54 Å². The second-order valence-electron chi connectivity index (χ2n) is 3.15. The highest BCUT2D eigenvalue weighted by Crippen LogP contribution is 2.22. The lowest BCUT2D eigenvalue weighted by atomic mass is 10.1. The van der Waals surface area contributed by atoms with E-state index in [0.717, 1.165) is 16.7 Å². The van der Waals surface area contributed by atoms with Crippen molar-refractivity contribution < 1.29 is 4.79 Å². The van der Waals surface area contributed by atoms with Crippen LogP contribution in [0.25, 0.3) is 0 Å². The molecule has 0 bridgehead atoms. The van der Waals surface area contributed by atoms with Gasteiger partial charge in [0.15, 0.2) is 0 Å². The molecule has 0 aliphatic carbocycles. The van der Waals surface area contributed by atoms with E-state index in [1.807, 2.05) is 14.0 Å². The average Bonchev–Trinajstić information content (AvgIpc) is 2.29. The van der Waals surface area contributed by atoms with Crippen LogP contribution in [0.15, 0.2) is 12.4 Å². The fourth-order valence-corrected chi connectivity index (χ4v) is 1.57. The molecule has 1 amide bonds. The Bertz CT molecular complexity index is 346. The standard InChI is InChI=1S/C9H10N2O/c1-6-3-10-4-7-5-11(2)9(12)8(6)7/h3-4H,5H2,1-2H3. The van der Waals surface area contributed by atoms with Crippen molar-refractivity contribution in [3.8, 4) is 0 Å². The normalized spacial score (nSPS) is 15.2. The van der Waals surface area contributed by atoms with Crippen LogP contribution in [0.4, 0.5) is 0 Å². The Morgan fingerprint density at radius 1 is 1.50 bits per heavy atom. The molecule has 0 unspecified atom stereocenters. The van der Waals surface area contributed by atoms with Crippen molar-refractivity contribution in [2.75, 3.05) is 7.05 Å². The molecule has 0 aromatic carbocycles. The lowest BCUT2D eigenvalue weighted by Gasteiger charge is -2.04. The van der Waals surface area contributed by atoms with Crippen LogP contribution in [0.5, 0.6) is 0 Å². The van der Waals surface area contributed by atoms with Crippen molar-refractivity contribution in [3.05, 3.63) is 29.1 Å². The van der Waals surface area contributed by atoms with Gasteiger partial charge in [0.25, 0.3) is 5.91 Å². The number of hydrogen-bond donors (Lipinski definition) is 0. The molecule has 1 aromatic rings. The number of carbonyl (C=O) groups excluding carboxylic acids is 1. The van der Waals surface area contributed by atoms with Gasteiger partial charge < -0.3 is 4.90 Å². The zero-order valence-electron chi connectivity index (χ0n) is 7.16. The summed E-state index contributed by atoms with van der Waals surface area (Å²) in [6.45, 7) is 2.62. The summed E-state index contributed by atoms with van der Waals surface area (Å²) in [7, 11) is 1.81. The van der Waals surface area contributed by atoms with Gasteiger partial charge in [0, 0.05) is 31.5 Å². The van der Waals surface area contributed by atoms with Gasteiger partial charge in [0.05, 0.1) is 5.56 Å². The molecule has 3 nitrogen and oxygen atoms in total. The van der Waals surface area contributed by atoms with Crippen LogP contribution in [0, 0.1) is 6.92 Å². The van der Waals surface area contributed by atoms with E-state index in [-0.39, 0.29) is 5.91 Å². The molecule has 0 fully saturated rings. The topological polar surface area (TPSA) is 33.2 Å². The predicted molar refractivity (Wildman–Crippen MR) is 44.8 cm³/mol. The Morgan fingerprint density at radius 3 is 2.92 bits per heavy atom. The van der Waals surface area contributed by atoms with Crippen LogP contribution in [0.3, 0.4) is 0 Å². The van der Waals surface area contributed by atoms with Crippen molar-refractivity contribution in [3.63, 3.8) is 0 Å². The van der Waals surface area contributed by atoms with Crippen LogP contribution >= 0.6 is 0 Å². The van der Waals surface area contributed by atoms with Gasteiger partial charge in [-0.05, 0) is 12.5 Å². The van der Waals surface area contributed by atoms with Gasteiger partial charge in [0.2, 0.25) is 0 Å². The highest BCUT2D eigenvalue weighted by atomic mass is 16.2. The number of carbonyl (C=O) groups is 1. The SMILES string of the molecule is Cc1cncc2c1C(=O)N(C)C2. The van der Waals surface area contributed by atoms with Gasteiger partial charge in [-0.15, -0.1) is 0 Å². The summed E-state index contributed by atoms with van der Waals surface area (Å²) in [5.41, 5.74) is 2.86. The largest absolute Gasteiger partial charge is 0.337 e. The monoisotopic (exact) mass is 162 g/mol. The molecule has 0 atom stereocenters. The summed E-state index contributed by atoms with van der Waals surface area (Å²) in [5, 5.41) is 0. The number of hydrogen-bond acceptors (Lipinski definition) is 2. The maximum atomic E-state index is 11.5. The molecule has 12 heavy (non-hydrogen) atoms. The minimum Gasteiger partial charge on any atom is -0.337 e. The van der Waals surface area contributed by atoms with E-state index in [9.17, 15) is 4.79 Å². The van der Waals surface area contributed by atoms with E-state index in [1.165, 1.54) is 0 Å². The minimum absolute atomic E-state index is 0.116. The first-order chi connectivity index (χ1) is 5.70. The highest BCUT2D eigenvalue weighted by Gasteiger charge is 2.25. The van der Waals surface area contributed by atoms with Crippen molar-refractivity contribution >= 4 is 5.91 Å². The first kappa shape index (κ1) is 7.28. The van der Waals surface area contributed by atoms with Crippen molar-refractivity contribution in [2.24, 2.45) is 0 Å². The third-order valence-electron chi connectivity index (χ3n) is 2.18. The number of aryl methyl sites for hydroxylation is 1. The summed E-state index contributed by atoms with van der Waals surface area (Å²) in [6, 6.07) is 0. The Labute approximate surface area is 71.0 Å². The number of amides is 1. The zero-order chi connectivity index (χ0) is 8.72. The molecular formula is C9H10N2O. The molecule has 1 aromatic heterocycles. The maximum absolute atomic E-state index is 11.5. The quantitative estimate of drug-likeness (QED) is 0.569. The highest BCUT2D eigenvalue weighted by molar-refractivity contribution is 5.99. The third-order valence-corrected chi connectivity index (χ3v) is 2.18. The second-order valence-corrected chi connectivity index (χ2v) is 3.15. The summed E-state index contributed by atoms with van der Waals surface area (Å²) in [4.78, 5) is 17.3. The molecule has 0 N–H and O–H groups in total. The first-order valence-electron chi connectivity index (χ1n) is 3.89. The summed E-state index contributed by atoms with van der Waals surface area (Å²) >= 11 is 0. The van der Waals surface area contributed by atoms with E-state index < -0.39 is 0 Å². The molecule has 2 rings (SSSR count). The van der Waals surface area contributed by atoms with Gasteiger partial charge in [-0.2, -0.15) is 0 Å². The number of rotatable bonds is 0. The van der Waals surface area contributed by atoms with E-state index >= 15 is 0 Å². The van der Waals surface area contributed by atoms with Crippen LogP contribution in [0.2, 0.25) is 0 Å². The van der Waals surface area contributed by atoms with Crippen molar-refractivity contribution in [2.45, 2.75) is 13.5 Å². The molecule has 62 valence electrons. The van der Waals surface area contributed by atoms with Crippen molar-refractivity contribution in [1.82, 2.24) is 9.88 Å².